The number of nitrogens with zero attached hydrogens (tertiary/aromatic N) is 5. The third-order valence-corrected chi connectivity index (χ3v) is 13.0. The molecule has 0 saturated carbocycles. The van der Waals surface area contributed by atoms with E-state index in [-0.39, 0.29) is 86.4 Å². The zero-order valence-electron chi connectivity index (χ0n) is 48.8. The van der Waals surface area contributed by atoms with Crippen molar-refractivity contribution in [2.45, 2.75) is 79.5 Å². The summed E-state index contributed by atoms with van der Waals surface area (Å²) in [5, 5.41) is 12.5. The first kappa shape index (κ1) is 75.2. The van der Waals surface area contributed by atoms with Gasteiger partial charge in [0, 0.05) is 69.8 Å². The largest absolute Gasteiger partial charge is 1.00 e. The van der Waals surface area contributed by atoms with Crippen molar-refractivity contribution in [2.75, 3.05) is 29.3 Å². The Kier molecular flexibility index (Phi) is 35.1. The van der Waals surface area contributed by atoms with Crippen molar-refractivity contribution in [3.05, 3.63) is 220 Å². The minimum Gasteiger partial charge on any atom is -0.793 e. The average molecular weight is 1400 g/mol. The summed E-state index contributed by atoms with van der Waals surface area (Å²) < 4.78 is 48.6. The van der Waals surface area contributed by atoms with Crippen molar-refractivity contribution in [3.63, 3.8) is 0 Å². The Labute approximate surface area is 550 Å². The number of alkyl halides is 1. The number of carbonyl (C=O) groups is 5. The van der Waals surface area contributed by atoms with Crippen molar-refractivity contribution < 1.29 is 76.5 Å². The predicted octanol–water partition coefficient (Wildman–Crippen LogP) is 12.9. The van der Waals surface area contributed by atoms with Crippen LogP contribution in [0.5, 0.6) is 11.5 Å². The minimum absolute atomic E-state index is 0. The molecule has 13 nitrogen and oxygen atoms in total. The van der Waals surface area contributed by atoms with Gasteiger partial charge in [-0.15, -0.1) is 11.8 Å². The number of phenols is 1. The van der Waals surface area contributed by atoms with E-state index in [0.717, 1.165) is 38.9 Å². The van der Waals surface area contributed by atoms with E-state index in [4.69, 9.17) is 4.74 Å². The smallest absolute Gasteiger partial charge is 0.793 e. The molecule has 4 aromatic carbocycles. The standard InChI is InChI=1S/C18H18N2O2S.C17H15FN2O2.C9H8BrFO.C9H9FO.C8H10N2O.C2H6S.Br2.Na/c1-3-14-17(20-10-6-5-7-16(20)19-14)18(22)13-9-8-12(21)11-15(13)23-4-2;1-3-14-16(20-9-5-4-6-15(20)19-14)17(21)12-8-7-11(22-2)10-13(12)18;1-6-2-3-7(8(11)4-6)9(12)5-10;1-6-3-4-8(7(2)11)9(10)5-6;1-2-8(11)10-7-5-3-4-6-9-7;1-2-3;1-2;/h5-11,21H,3-4H2,1-2H3;4-10H,3H2,1-2H3;2-4H,5H2,1H3;3-5H,1-2H3;3-6H,2H2,1H3,(H,9,10,11);3H,2H2,1H3;;/q;;;;;;;+1/p-1. The molecule has 0 bridgehead atoms. The van der Waals surface area contributed by atoms with E-state index in [1.165, 1.54) is 50.4 Å². The van der Waals surface area contributed by atoms with E-state index in [9.17, 15) is 42.3 Å². The zero-order chi connectivity index (χ0) is 62.5. The quantitative estimate of drug-likeness (QED) is 0.0347. The number of nitrogens with one attached hydrogen (secondary N) is 1. The summed E-state index contributed by atoms with van der Waals surface area (Å²) in [7, 11) is 1.45. The van der Waals surface area contributed by atoms with Gasteiger partial charge in [-0.2, -0.15) is 5.75 Å². The number of methoxy groups -OCH3 is 1. The SMILES string of the molecule is BrBr.CC(=O)c1ccc(C)cc1F.CCC(=O)Nc1ccccn1.CCSc1cc(O)ccc1C(=O)c1c(CC)nc2ccccn12.CC[S-].CCc1nc2ccccn2c1C(=O)c1ccc(OC)cc1F.Cc1ccc(C(=O)CBr)c(F)c1.[Na+]. The first-order valence-corrected chi connectivity index (χ1v) is 32.6. The maximum Gasteiger partial charge on any atom is 1.00 e. The summed E-state index contributed by atoms with van der Waals surface area (Å²) in [6, 6.07) is 34.9. The molecule has 0 saturated heterocycles. The fourth-order valence-electron chi connectivity index (χ4n) is 7.59. The number of aryl methyl sites for hydroxylation is 4. The second-order valence-corrected chi connectivity index (χ2v) is 19.9. The van der Waals surface area contributed by atoms with Gasteiger partial charge in [0.2, 0.25) is 17.5 Å². The number of phenolic OH excluding ortho intramolecular Hbond substituents is 1. The molecule has 0 spiro atoms. The van der Waals surface area contributed by atoms with Crippen LogP contribution in [0.4, 0.5) is 19.0 Å². The van der Waals surface area contributed by atoms with Gasteiger partial charge < -0.3 is 27.8 Å². The minimum atomic E-state index is -0.600. The Balaban J connectivity index is 0.000000368. The van der Waals surface area contributed by atoms with Gasteiger partial charge in [0.05, 0.1) is 40.5 Å². The number of carbonyl (C=O) groups excluding carboxylic acids is 5. The Morgan fingerprint density at radius 3 is 1.58 bits per heavy atom. The van der Waals surface area contributed by atoms with E-state index in [2.05, 4.69) is 77.1 Å². The number of hydrogen-bond donors (Lipinski definition) is 2. The number of ketones is 4. The molecule has 5 aromatic heterocycles. The molecule has 0 aliphatic heterocycles. The molecule has 85 heavy (non-hydrogen) atoms. The number of aromatic hydroxyl groups is 1. The summed E-state index contributed by atoms with van der Waals surface area (Å²) in [5.74, 6) is 0.436. The number of ether oxygens (including phenoxy) is 1. The number of anilines is 1. The number of thioether (sulfide) groups is 1. The molecule has 0 unspecified atom stereocenters. The molecule has 2 N–H and O–H groups in total. The van der Waals surface area contributed by atoms with Gasteiger partial charge in [-0.3, -0.25) is 32.8 Å². The normalized spacial score (nSPS) is 9.93. The number of aromatic nitrogens is 5. The number of rotatable bonds is 14. The number of imidazole rings is 2. The topological polar surface area (TPSA) is 174 Å². The summed E-state index contributed by atoms with van der Waals surface area (Å²) in [4.78, 5) is 72.3. The van der Waals surface area contributed by atoms with E-state index < -0.39 is 17.5 Å². The first-order chi connectivity index (χ1) is 40.3. The molecule has 0 aliphatic carbocycles. The fourth-order valence-corrected chi connectivity index (χ4v) is 8.72. The summed E-state index contributed by atoms with van der Waals surface area (Å²) in [6.07, 6.45) is 7.04. The fraction of sp³-hybridized carbons (Fsp3) is 0.238. The maximum atomic E-state index is 14.2. The molecular formula is C63H65Br3F3N6NaO7S2. The van der Waals surface area contributed by atoms with Gasteiger partial charge >= 0.3 is 29.6 Å². The van der Waals surface area contributed by atoms with Gasteiger partial charge in [0.1, 0.15) is 57.5 Å². The number of hydrogen-bond acceptors (Lipinski definition) is 12. The van der Waals surface area contributed by atoms with E-state index in [0.29, 0.717) is 59.1 Å². The molecule has 0 fully saturated rings. The van der Waals surface area contributed by atoms with Gasteiger partial charge in [0.25, 0.3) is 0 Å². The van der Waals surface area contributed by atoms with Gasteiger partial charge in [-0.1, -0.05) is 80.9 Å². The van der Waals surface area contributed by atoms with Crippen LogP contribution in [-0.2, 0) is 30.3 Å². The molecule has 22 heteroatoms. The molecular weight excluding hydrogens is 1340 g/mol. The third kappa shape index (κ3) is 22.7. The van der Waals surface area contributed by atoms with Crippen molar-refractivity contribution in [3.8, 4) is 11.5 Å². The van der Waals surface area contributed by atoms with Crippen molar-refractivity contribution in [1.29, 1.82) is 0 Å². The van der Waals surface area contributed by atoms with Crippen LogP contribution in [-0.4, -0.2) is 81.8 Å². The van der Waals surface area contributed by atoms with Crippen LogP contribution in [0.2, 0.25) is 0 Å². The molecule has 444 valence electrons. The first-order valence-electron chi connectivity index (χ1n) is 26.2. The van der Waals surface area contributed by atoms with Crippen LogP contribution >= 0.6 is 55.9 Å². The Morgan fingerprint density at radius 1 is 0.659 bits per heavy atom. The second-order valence-electron chi connectivity index (χ2n) is 17.5. The molecule has 0 atom stereocenters. The summed E-state index contributed by atoms with van der Waals surface area (Å²) in [5.41, 5.74) is 6.49. The summed E-state index contributed by atoms with van der Waals surface area (Å²) in [6.45, 7) is 14.6. The molecule has 9 aromatic rings. The molecule has 1 amide bonds. The van der Waals surface area contributed by atoms with Crippen molar-refractivity contribution in [2.24, 2.45) is 0 Å². The Morgan fingerprint density at radius 2 is 1.14 bits per heavy atom. The van der Waals surface area contributed by atoms with E-state index >= 15 is 0 Å². The van der Waals surface area contributed by atoms with Gasteiger partial charge in [-0.05, 0) is 141 Å². The third-order valence-electron chi connectivity index (χ3n) is 11.5. The van der Waals surface area contributed by atoms with Crippen LogP contribution in [0.1, 0.15) is 123 Å². The summed E-state index contributed by atoms with van der Waals surface area (Å²) >= 11 is 14.4. The molecule has 5 heterocycles. The molecule has 9 rings (SSSR count). The Bertz CT molecular complexity index is 3630. The number of fused-ring (bicyclic) bond motifs is 2. The maximum absolute atomic E-state index is 14.2. The number of amides is 1. The average Bonchev–Trinajstić information content (AvgIpc) is 2.51. The van der Waals surface area contributed by atoms with Crippen LogP contribution < -0.4 is 39.6 Å². The predicted molar refractivity (Wildman–Crippen MR) is 343 cm³/mol. The second kappa shape index (κ2) is 39.7. The van der Waals surface area contributed by atoms with Crippen molar-refractivity contribution in [1.82, 2.24) is 23.8 Å². The van der Waals surface area contributed by atoms with Crippen molar-refractivity contribution >= 4 is 115 Å². The van der Waals surface area contributed by atoms with Gasteiger partial charge in [-0.25, -0.2) is 28.1 Å². The van der Waals surface area contributed by atoms with E-state index in [1.807, 2.05) is 86.8 Å². The van der Waals surface area contributed by atoms with Gasteiger partial charge in [0.15, 0.2) is 11.6 Å². The molecule has 0 aliphatic rings. The monoisotopic (exact) mass is 1400 g/mol. The molecule has 0 radical (unpaired) electrons. The van der Waals surface area contributed by atoms with Crippen LogP contribution in [0.15, 0.2) is 151 Å². The number of benzene rings is 4. The number of Topliss-reactive ketones (excluding diaryl/α,β-unsaturated/α-hetero) is 2. The zero-order valence-corrected chi connectivity index (χ0v) is 57.2. The van der Waals surface area contributed by atoms with Crippen LogP contribution in [0.3, 0.4) is 0 Å². The van der Waals surface area contributed by atoms with Crippen LogP contribution in [0, 0.1) is 31.3 Å². The van der Waals surface area contributed by atoms with Crippen LogP contribution in [0.25, 0.3) is 11.3 Å². The number of pyridine rings is 3. The number of halogens is 6. The van der Waals surface area contributed by atoms with E-state index in [1.54, 1.807) is 91.8 Å². The Hall–Kier alpha value is -5.91.